The van der Waals surface area contributed by atoms with E-state index in [1.165, 1.54) is 0 Å². The largest absolute Gasteiger partial charge is 0.501 e. The van der Waals surface area contributed by atoms with Gasteiger partial charge < -0.3 is 13.3 Å². The minimum atomic E-state index is -2.38. The van der Waals surface area contributed by atoms with E-state index in [1.54, 1.807) is 14.2 Å². The van der Waals surface area contributed by atoms with Crippen LogP contribution in [0.15, 0.2) is 0 Å². The Kier molecular flexibility index (Phi) is 6.17. The molecule has 0 unspecified atom stereocenters. The summed E-state index contributed by atoms with van der Waals surface area (Å²) in [4.78, 5) is 0. The molecule has 0 aliphatic heterocycles. The highest BCUT2D eigenvalue weighted by molar-refractivity contribution is 6.61. The van der Waals surface area contributed by atoms with E-state index in [1.807, 2.05) is 0 Å². The third kappa shape index (κ3) is 3.53. The van der Waals surface area contributed by atoms with Crippen LogP contribution in [0.1, 0.15) is 13.3 Å². The van der Waals surface area contributed by atoms with Crippen molar-refractivity contribution in [2.75, 3.05) is 20.3 Å². The van der Waals surface area contributed by atoms with Crippen LogP contribution in [-0.2, 0) is 13.3 Å². The first-order valence-electron chi connectivity index (χ1n) is 3.55. The molecule has 0 aliphatic carbocycles. The van der Waals surface area contributed by atoms with E-state index in [2.05, 4.69) is 6.92 Å². The van der Waals surface area contributed by atoms with Gasteiger partial charge in [0.1, 0.15) is 6.07 Å². The molecule has 0 aromatic heterocycles. The Morgan fingerprint density at radius 2 is 1.82 bits per heavy atom. The topological polar surface area (TPSA) is 27.7 Å². The highest BCUT2D eigenvalue weighted by Crippen LogP contribution is 2.15. The summed E-state index contributed by atoms with van der Waals surface area (Å²) in [6, 6.07) is 0.945. The first-order chi connectivity index (χ1) is 5.24. The van der Waals surface area contributed by atoms with Crippen molar-refractivity contribution in [3.63, 3.8) is 0 Å². The van der Waals surface area contributed by atoms with Gasteiger partial charge >= 0.3 is 8.80 Å². The molecular weight excluding hydrogens is 184 g/mol. The summed E-state index contributed by atoms with van der Waals surface area (Å²) in [6.45, 7) is 2.05. The van der Waals surface area contributed by atoms with Crippen molar-refractivity contribution in [1.82, 2.24) is 0 Å². The number of hydrogen-bond acceptors (Lipinski definition) is 3. The van der Waals surface area contributed by atoms with Gasteiger partial charge in [-0.3, -0.25) is 0 Å². The maximum Gasteiger partial charge on any atom is 0.501 e. The van der Waals surface area contributed by atoms with Crippen molar-refractivity contribution < 1.29 is 13.3 Å². The number of halogens is 1. The second kappa shape index (κ2) is 5.96. The van der Waals surface area contributed by atoms with Gasteiger partial charge in [0, 0.05) is 20.3 Å². The van der Waals surface area contributed by atoms with E-state index in [-0.39, 0.29) is 6.07 Å². The molecule has 0 N–H and O–H groups in total. The van der Waals surface area contributed by atoms with Crippen LogP contribution < -0.4 is 0 Å². The molecule has 0 atom stereocenters. The summed E-state index contributed by atoms with van der Waals surface area (Å²) in [7, 11) is 0.815. The zero-order valence-electron chi connectivity index (χ0n) is 7.22. The van der Waals surface area contributed by atoms with Crippen molar-refractivity contribution in [3.8, 4) is 0 Å². The standard InChI is InChI=1S/C6H15ClO3Si/c1-4-5-11(8-2,9-3)10-6-7/h4-6H2,1-3H3. The number of alkyl halides is 1. The number of rotatable bonds is 6. The molecule has 0 aromatic carbocycles. The molecule has 0 aromatic rings. The lowest BCUT2D eigenvalue weighted by Gasteiger charge is -2.24. The third-order valence-corrected chi connectivity index (χ3v) is 4.69. The highest BCUT2D eigenvalue weighted by atomic mass is 35.5. The average molecular weight is 199 g/mol. The first kappa shape index (κ1) is 11.4. The lowest BCUT2D eigenvalue weighted by molar-refractivity contribution is 0.116. The molecule has 3 nitrogen and oxygen atoms in total. The minimum Gasteiger partial charge on any atom is -0.377 e. The SMILES string of the molecule is CCC[Si](OC)(OC)OCCl. The maximum absolute atomic E-state index is 5.43. The van der Waals surface area contributed by atoms with Gasteiger partial charge in [0.25, 0.3) is 0 Å². The predicted molar refractivity (Wildman–Crippen MR) is 46.7 cm³/mol. The Labute approximate surface area is 74.0 Å². The summed E-state index contributed by atoms with van der Waals surface area (Å²) >= 11 is 5.43. The van der Waals surface area contributed by atoms with Gasteiger partial charge in [-0.2, -0.15) is 0 Å². The fourth-order valence-electron chi connectivity index (χ4n) is 0.867. The van der Waals surface area contributed by atoms with E-state index >= 15 is 0 Å². The molecule has 0 radical (unpaired) electrons. The highest BCUT2D eigenvalue weighted by Gasteiger charge is 2.37. The summed E-state index contributed by atoms with van der Waals surface area (Å²) < 4.78 is 15.6. The second-order valence-electron chi connectivity index (χ2n) is 2.09. The summed E-state index contributed by atoms with van der Waals surface area (Å²) in [5, 5.41) is 0. The van der Waals surface area contributed by atoms with Crippen LogP contribution in [0.25, 0.3) is 0 Å². The first-order valence-corrected chi connectivity index (χ1v) is 6.01. The zero-order valence-corrected chi connectivity index (χ0v) is 8.98. The smallest absolute Gasteiger partial charge is 0.377 e. The molecule has 0 saturated heterocycles. The van der Waals surface area contributed by atoms with E-state index in [9.17, 15) is 0 Å². The van der Waals surface area contributed by atoms with Crippen LogP contribution >= 0.6 is 11.6 Å². The molecule has 11 heavy (non-hydrogen) atoms. The fraction of sp³-hybridized carbons (Fsp3) is 1.00. The summed E-state index contributed by atoms with van der Waals surface area (Å²) in [5.74, 6) is 0. The quantitative estimate of drug-likeness (QED) is 0.482. The molecule has 0 fully saturated rings. The molecule has 0 bridgehead atoms. The van der Waals surface area contributed by atoms with Crippen LogP contribution in [0, 0.1) is 0 Å². The summed E-state index contributed by atoms with van der Waals surface area (Å²) in [5.41, 5.74) is 0. The lowest BCUT2D eigenvalue weighted by atomic mass is 10.6. The van der Waals surface area contributed by atoms with Gasteiger partial charge in [-0.15, -0.1) is 0 Å². The maximum atomic E-state index is 5.43. The van der Waals surface area contributed by atoms with Crippen molar-refractivity contribution >= 4 is 20.4 Å². The number of hydrogen-bond donors (Lipinski definition) is 0. The predicted octanol–water partition coefficient (Wildman–Crippen LogP) is 1.84. The Bertz CT molecular complexity index is 89.8. The van der Waals surface area contributed by atoms with E-state index in [0.29, 0.717) is 0 Å². The van der Waals surface area contributed by atoms with Crippen molar-refractivity contribution in [1.29, 1.82) is 0 Å². The molecule has 0 spiro atoms. The van der Waals surface area contributed by atoms with E-state index in [0.717, 1.165) is 12.5 Å². The van der Waals surface area contributed by atoms with Gasteiger partial charge in [0.2, 0.25) is 0 Å². The van der Waals surface area contributed by atoms with Gasteiger partial charge in [0.05, 0.1) is 0 Å². The van der Waals surface area contributed by atoms with E-state index in [4.69, 9.17) is 24.9 Å². The van der Waals surface area contributed by atoms with Crippen LogP contribution in [-0.4, -0.2) is 29.1 Å². The average Bonchev–Trinajstić information content (AvgIpc) is 2.04. The molecule has 0 rings (SSSR count). The molecule has 0 aliphatic rings. The van der Waals surface area contributed by atoms with Crippen molar-refractivity contribution in [2.45, 2.75) is 19.4 Å². The van der Waals surface area contributed by atoms with Crippen molar-refractivity contribution in [3.05, 3.63) is 0 Å². The van der Waals surface area contributed by atoms with Gasteiger partial charge in [-0.1, -0.05) is 24.9 Å². The zero-order chi connectivity index (χ0) is 8.74. The van der Waals surface area contributed by atoms with Gasteiger partial charge in [-0.25, -0.2) is 0 Å². The molecular formula is C6H15ClO3Si. The Morgan fingerprint density at radius 3 is 2.09 bits per heavy atom. The third-order valence-electron chi connectivity index (χ3n) is 1.45. The second-order valence-corrected chi connectivity index (χ2v) is 5.28. The van der Waals surface area contributed by atoms with E-state index < -0.39 is 8.80 Å². The lowest BCUT2D eigenvalue weighted by Crippen LogP contribution is -2.43. The Balaban J connectivity index is 3.96. The Hall–Kier alpha value is 0.387. The van der Waals surface area contributed by atoms with Crippen LogP contribution in [0.4, 0.5) is 0 Å². The van der Waals surface area contributed by atoms with Crippen molar-refractivity contribution in [2.24, 2.45) is 0 Å². The molecule has 0 saturated carbocycles. The molecule has 0 amide bonds. The van der Waals surface area contributed by atoms with Crippen LogP contribution in [0.5, 0.6) is 0 Å². The molecule has 68 valence electrons. The van der Waals surface area contributed by atoms with Crippen LogP contribution in [0.2, 0.25) is 6.04 Å². The van der Waals surface area contributed by atoms with Crippen LogP contribution in [0.3, 0.4) is 0 Å². The Morgan fingerprint density at radius 1 is 1.27 bits per heavy atom. The van der Waals surface area contributed by atoms with Gasteiger partial charge in [-0.05, 0) is 0 Å². The normalized spacial score (nSPS) is 12.0. The fourth-order valence-corrected chi connectivity index (χ4v) is 3.10. The van der Waals surface area contributed by atoms with Gasteiger partial charge in [0.15, 0.2) is 0 Å². The summed E-state index contributed by atoms with van der Waals surface area (Å²) in [6.07, 6.45) is 0.977. The minimum absolute atomic E-state index is 0.133. The molecule has 0 heterocycles. The monoisotopic (exact) mass is 198 g/mol. The molecule has 5 heteroatoms.